The van der Waals surface area contributed by atoms with Crippen molar-refractivity contribution in [2.24, 2.45) is 5.92 Å². The normalized spacial score (nSPS) is 15.8. The van der Waals surface area contributed by atoms with E-state index in [0.29, 0.717) is 11.7 Å². The molecular weight excluding hydrogens is 436 g/mol. The second kappa shape index (κ2) is 10.9. The molecule has 5 nitrogen and oxygen atoms in total. The number of rotatable bonds is 8. The maximum Gasteiger partial charge on any atom is 0.289 e. The molecule has 4 rings (SSSR count). The third kappa shape index (κ3) is 5.60. The highest BCUT2D eigenvalue weighted by Crippen LogP contribution is 2.30. The summed E-state index contributed by atoms with van der Waals surface area (Å²) in [6.45, 7) is 2.82. The topological polar surface area (TPSA) is 45.9 Å². The van der Waals surface area contributed by atoms with Crippen LogP contribution in [0.3, 0.4) is 0 Å². The van der Waals surface area contributed by atoms with Gasteiger partial charge in [-0.05, 0) is 68.1 Å². The molecular formula is C27H31ClN2O3. The van der Waals surface area contributed by atoms with Gasteiger partial charge in [-0.3, -0.25) is 9.69 Å². The second-order valence-electron chi connectivity index (χ2n) is 8.68. The molecule has 3 aromatic rings. The first kappa shape index (κ1) is 23.4. The van der Waals surface area contributed by atoms with Gasteiger partial charge in [0.05, 0.1) is 13.4 Å². The van der Waals surface area contributed by atoms with Gasteiger partial charge in [0.25, 0.3) is 5.91 Å². The van der Waals surface area contributed by atoms with Crippen LogP contribution in [0, 0.1) is 5.92 Å². The molecule has 33 heavy (non-hydrogen) atoms. The Hall–Kier alpha value is -2.76. The minimum absolute atomic E-state index is 0.0379. The van der Waals surface area contributed by atoms with Gasteiger partial charge < -0.3 is 14.1 Å². The number of halogens is 1. The number of amides is 1. The van der Waals surface area contributed by atoms with Gasteiger partial charge in [0, 0.05) is 30.2 Å². The number of carbonyl (C=O) groups is 1. The summed E-state index contributed by atoms with van der Waals surface area (Å²) in [5.41, 5.74) is 2.27. The third-order valence-electron chi connectivity index (χ3n) is 6.70. The first-order chi connectivity index (χ1) is 16.1. The number of para-hydroxylation sites is 1. The van der Waals surface area contributed by atoms with Gasteiger partial charge in [-0.15, -0.1) is 0 Å². The molecule has 1 fully saturated rings. The highest BCUT2D eigenvalue weighted by molar-refractivity contribution is 6.31. The van der Waals surface area contributed by atoms with Crippen molar-refractivity contribution in [2.45, 2.75) is 31.8 Å². The van der Waals surface area contributed by atoms with Gasteiger partial charge in [0.2, 0.25) is 0 Å². The zero-order valence-corrected chi connectivity index (χ0v) is 20.0. The molecule has 0 saturated carbocycles. The van der Waals surface area contributed by atoms with E-state index in [4.69, 9.17) is 20.8 Å². The van der Waals surface area contributed by atoms with Gasteiger partial charge in [-0.2, -0.15) is 0 Å². The van der Waals surface area contributed by atoms with Gasteiger partial charge >= 0.3 is 0 Å². The van der Waals surface area contributed by atoms with Crippen LogP contribution >= 0.6 is 11.6 Å². The van der Waals surface area contributed by atoms with Crippen LogP contribution in [0.15, 0.2) is 71.3 Å². The van der Waals surface area contributed by atoms with E-state index < -0.39 is 0 Å². The average Bonchev–Trinajstić information content (AvgIpc) is 3.39. The van der Waals surface area contributed by atoms with Crippen molar-refractivity contribution < 1.29 is 13.9 Å². The van der Waals surface area contributed by atoms with Crippen LogP contribution in [0.25, 0.3) is 0 Å². The lowest BCUT2D eigenvalue weighted by atomic mass is 9.84. The van der Waals surface area contributed by atoms with Crippen LogP contribution in [-0.2, 0) is 13.0 Å². The molecule has 1 amide bonds. The predicted octanol–water partition coefficient (Wildman–Crippen LogP) is 5.54. The number of hydrogen-bond donors (Lipinski definition) is 0. The highest BCUT2D eigenvalue weighted by atomic mass is 35.5. The average molecular weight is 467 g/mol. The molecule has 2 aromatic carbocycles. The van der Waals surface area contributed by atoms with E-state index in [0.717, 1.165) is 55.2 Å². The molecule has 1 unspecified atom stereocenters. The summed E-state index contributed by atoms with van der Waals surface area (Å²) >= 11 is 6.49. The Morgan fingerprint density at radius 1 is 1.09 bits per heavy atom. The van der Waals surface area contributed by atoms with E-state index in [-0.39, 0.29) is 11.9 Å². The maximum absolute atomic E-state index is 13.1. The van der Waals surface area contributed by atoms with Crippen molar-refractivity contribution >= 4 is 17.5 Å². The Bertz CT molecular complexity index is 1050. The Balaban J connectivity index is 1.48. The molecule has 0 bridgehead atoms. The summed E-state index contributed by atoms with van der Waals surface area (Å²) in [6.07, 6.45) is 4.29. The van der Waals surface area contributed by atoms with Crippen LogP contribution in [0.2, 0.25) is 5.02 Å². The van der Waals surface area contributed by atoms with Crippen molar-refractivity contribution in [3.05, 3.63) is 88.8 Å². The van der Waals surface area contributed by atoms with E-state index in [1.807, 2.05) is 42.3 Å². The zero-order valence-electron chi connectivity index (χ0n) is 19.2. The molecule has 1 aromatic heterocycles. The lowest BCUT2D eigenvalue weighted by molar-refractivity contribution is 0.0555. The van der Waals surface area contributed by atoms with E-state index in [2.05, 4.69) is 23.1 Å². The summed E-state index contributed by atoms with van der Waals surface area (Å²) in [7, 11) is 3.60. The van der Waals surface area contributed by atoms with Gasteiger partial charge in [-0.25, -0.2) is 0 Å². The quantitative estimate of drug-likeness (QED) is 0.437. The number of furan rings is 1. The fraction of sp³-hybridized carbons (Fsp3) is 0.370. The fourth-order valence-corrected chi connectivity index (χ4v) is 5.02. The Morgan fingerprint density at radius 2 is 1.79 bits per heavy atom. The SMILES string of the molecule is COc1ccccc1CN1CCC(C(Cc2ccccc2Cl)N(C)C(=O)c2ccco2)CC1. The molecule has 1 aliphatic rings. The molecule has 0 spiro atoms. The lowest BCUT2D eigenvalue weighted by Crippen LogP contribution is -2.47. The third-order valence-corrected chi connectivity index (χ3v) is 7.07. The number of carbonyl (C=O) groups excluding carboxylic acids is 1. The lowest BCUT2D eigenvalue weighted by Gasteiger charge is -2.40. The van der Waals surface area contributed by atoms with Crippen LogP contribution in [0.5, 0.6) is 5.75 Å². The van der Waals surface area contributed by atoms with Crippen LogP contribution in [0.4, 0.5) is 0 Å². The van der Waals surface area contributed by atoms with Crippen LogP contribution in [-0.4, -0.2) is 49.0 Å². The molecule has 1 atom stereocenters. The Labute approximate surface area is 200 Å². The van der Waals surface area contributed by atoms with Crippen molar-refractivity contribution in [3.8, 4) is 5.75 Å². The van der Waals surface area contributed by atoms with E-state index >= 15 is 0 Å². The summed E-state index contributed by atoms with van der Waals surface area (Å²) in [5.74, 6) is 1.59. The minimum Gasteiger partial charge on any atom is -0.496 e. The number of methoxy groups -OCH3 is 1. The first-order valence-electron chi connectivity index (χ1n) is 11.4. The second-order valence-corrected chi connectivity index (χ2v) is 9.09. The summed E-state index contributed by atoms with van der Waals surface area (Å²) in [5, 5.41) is 0.745. The molecule has 2 heterocycles. The van der Waals surface area contributed by atoms with Crippen molar-refractivity contribution in [2.75, 3.05) is 27.2 Å². The minimum atomic E-state index is -0.0893. The number of likely N-dealkylation sites (N-methyl/N-ethyl adjacent to an activating group) is 1. The molecule has 0 N–H and O–H groups in total. The number of nitrogens with zero attached hydrogens (tertiary/aromatic N) is 2. The molecule has 6 heteroatoms. The van der Waals surface area contributed by atoms with E-state index in [1.165, 1.54) is 5.56 Å². The van der Waals surface area contributed by atoms with E-state index in [9.17, 15) is 4.79 Å². The van der Waals surface area contributed by atoms with Crippen molar-refractivity contribution in [1.82, 2.24) is 9.80 Å². The summed E-state index contributed by atoms with van der Waals surface area (Å²) in [6, 6.07) is 19.6. The fourth-order valence-electron chi connectivity index (χ4n) is 4.80. The molecule has 0 radical (unpaired) electrons. The molecule has 174 valence electrons. The van der Waals surface area contributed by atoms with E-state index in [1.54, 1.807) is 25.5 Å². The predicted molar refractivity (Wildman–Crippen MR) is 131 cm³/mol. The number of likely N-dealkylation sites (tertiary alicyclic amines) is 1. The summed E-state index contributed by atoms with van der Waals surface area (Å²) in [4.78, 5) is 17.4. The van der Waals surface area contributed by atoms with Crippen LogP contribution < -0.4 is 4.74 Å². The van der Waals surface area contributed by atoms with Gasteiger partial charge in [0.15, 0.2) is 5.76 Å². The maximum atomic E-state index is 13.1. The molecule has 0 aliphatic carbocycles. The Morgan fingerprint density at radius 3 is 2.45 bits per heavy atom. The standard InChI is InChI=1S/C27H31ClN2O3/c1-29(27(31)26-12-7-17-33-26)24(18-21-8-3-5-10-23(21)28)20-13-15-30(16-14-20)19-22-9-4-6-11-25(22)32-2/h3-12,17,20,24H,13-16,18-19H2,1-2H3. The van der Waals surface area contributed by atoms with Crippen LogP contribution in [0.1, 0.15) is 34.5 Å². The number of hydrogen-bond acceptors (Lipinski definition) is 4. The zero-order chi connectivity index (χ0) is 23.2. The van der Waals surface area contributed by atoms with Gasteiger partial charge in [-0.1, -0.05) is 48.0 Å². The highest BCUT2D eigenvalue weighted by Gasteiger charge is 2.33. The van der Waals surface area contributed by atoms with Gasteiger partial charge in [0.1, 0.15) is 5.75 Å². The molecule has 1 aliphatic heterocycles. The smallest absolute Gasteiger partial charge is 0.289 e. The monoisotopic (exact) mass is 466 g/mol. The largest absolute Gasteiger partial charge is 0.496 e. The van der Waals surface area contributed by atoms with Crippen molar-refractivity contribution in [3.63, 3.8) is 0 Å². The first-order valence-corrected chi connectivity index (χ1v) is 11.8. The number of piperidine rings is 1. The number of benzene rings is 2. The van der Waals surface area contributed by atoms with Crippen molar-refractivity contribution in [1.29, 1.82) is 0 Å². The number of ether oxygens (including phenoxy) is 1. The Kier molecular flexibility index (Phi) is 7.73. The summed E-state index contributed by atoms with van der Waals surface area (Å²) < 4.78 is 10.9. The molecule has 1 saturated heterocycles.